The Hall–Kier alpha value is -3.10. The molecule has 0 radical (unpaired) electrons. The zero-order valence-electron chi connectivity index (χ0n) is 15.6. The van der Waals surface area contributed by atoms with Crippen LogP contribution in [0.2, 0.25) is 0 Å². The Morgan fingerprint density at radius 2 is 1.96 bits per heavy atom. The van der Waals surface area contributed by atoms with Gasteiger partial charge < -0.3 is 25.3 Å². The highest BCUT2D eigenvalue weighted by atomic mass is 16.5. The lowest BCUT2D eigenvalue weighted by atomic mass is 10.1. The molecule has 0 aliphatic carbocycles. The van der Waals surface area contributed by atoms with Crippen LogP contribution >= 0.6 is 0 Å². The van der Waals surface area contributed by atoms with Crippen LogP contribution in [-0.2, 0) is 11.8 Å². The second kappa shape index (κ2) is 7.87. The summed E-state index contributed by atoms with van der Waals surface area (Å²) >= 11 is 0. The molecule has 1 fully saturated rings. The number of nitrogens with zero attached hydrogens (tertiary/aromatic N) is 2. The monoisotopic (exact) mass is 382 g/mol. The second-order valence-electron chi connectivity index (χ2n) is 6.61. The number of aromatic nitrogens is 2. The Balaban J connectivity index is 1.42. The lowest BCUT2D eigenvalue weighted by Crippen LogP contribution is -2.48. The van der Waals surface area contributed by atoms with Gasteiger partial charge in [-0.05, 0) is 30.3 Å². The fourth-order valence-electron chi connectivity index (χ4n) is 2.94. The summed E-state index contributed by atoms with van der Waals surface area (Å²) in [4.78, 5) is 11.8. The van der Waals surface area contributed by atoms with E-state index in [4.69, 9.17) is 19.9 Å². The maximum absolute atomic E-state index is 11.8. The summed E-state index contributed by atoms with van der Waals surface area (Å²) < 4.78 is 18.9. The number of benzene rings is 2. The lowest BCUT2D eigenvalue weighted by Gasteiger charge is -2.26. The Kier molecular flexibility index (Phi) is 5.14. The van der Waals surface area contributed by atoms with E-state index in [1.54, 1.807) is 35.1 Å². The van der Waals surface area contributed by atoms with Gasteiger partial charge in [-0.15, -0.1) is 0 Å². The first-order valence-electron chi connectivity index (χ1n) is 9.09. The first kappa shape index (κ1) is 18.3. The molecule has 0 unspecified atom stereocenters. The summed E-state index contributed by atoms with van der Waals surface area (Å²) in [5, 5.41) is 8.17. The normalized spacial score (nSPS) is 14.0. The Morgan fingerprint density at radius 3 is 2.64 bits per heavy atom. The molecule has 146 valence electrons. The van der Waals surface area contributed by atoms with Crippen molar-refractivity contribution in [2.75, 3.05) is 26.3 Å². The van der Waals surface area contributed by atoms with Crippen LogP contribution < -0.4 is 20.5 Å². The van der Waals surface area contributed by atoms with Crippen LogP contribution in [0.1, 0.15) is 10.4 Å². The molecule has 8 heteroatoms. The van der Waals surface area contributed by atoms with E-state index in [1.807, 2.05) is 19.2 Å². The number of nitrogens with two attached hydrogens (primary N) is 1. The Labute approximate surface area is 162 Å². The van der Waals surface area contributed by atoms with E-state index < -0.39 is 5.91 Å². The van der Waals surface area contributed by atoms with Crippen LogP contribution in [0.3, 0.4) is 0 Å². The molecule has 1 saturated heterocycles. The van der Waals surface area contributed by atoms with Crippen LogP contribution in [0.25, 0.3) is 10.9 Å². The van der Waals surface area contributed by atoms with Gasteiger partial charge in [-0.25, -0.2) is 0 Å². The molecule has 3 N–H and O–H groups in total. The number of carbonyl (C=O) groups is 1. The molecule has 0 saturated carbocycles. The Morgan fingerprint density at radius 1 is 1.21 bits per heavy atom. The number of hydrogen-bond acceptors (Lipinski definition) is 6. The van der Waals surface area contributed by atoms with Gasteiger partial charge in [0.2, 0.25) is 0 Å². The fraction of sp³-hybridized carbons (Fsp3) is 0.300. The molecule has 8 nitrogen and oxygen atoms in total. The molecule has 2 aromatic carbocycles. The predicted molar refractivity (Wildman–Crippen MR) is 104 cm³/mol. The van der Waals surface area contributed by atoms with Crippen molar-refractivity contribution >= 4 is 16.8 Å². The number of nitrogens with one attached hydrogen (secondary N) is 1. The van der Waals surface area contributed by atoms with Crippen LogP contribution in [-0.4, -0.2) is 48.1 Å². The van der Waals surface area contributed by atoms with Crippen molar-refractivity contribution in [2.24, 2.45) is 12.8 Å². The zero-order valence-corrected chi connectivity index (χ0v) is 15.6. The molecule has 2 heterocycles. The number of aryl methyl sites for hydroxylation is 1. The van der Waals surface area contributed by atoms with Gasteiger partial charge in [0.05, 0.1) is 30.0 Å². The summed E-state index contributed by atoms with van der Waals surface area (Å²) in [6, 6.07) is 10.6. The number of hydrogen-bond donors (Lipinski definition) is 2. The molecule has 1 aromatic heterocycles. The third-order valence-corrected chi connectivity index (χ3v) is 4.61. The third-order valence-electron chi connectivity index (χ3n) is 4.61. The van der Waals surface area contributed by atoms with Gasteiger partial charge in [0.1, 0.15) is 23.9 Å². The topological polar surface area (TPSA) is 101 Å². The molecule has 0 spiro atoms. The first-order chi connectivity index (χ1) is 13.6. The average Bonchev–Trinajstić information content (AvgIpc) is 3.01. The van der Waals surface area contributed by atoms with Crippen molar-refractivity contribution in [3.63, 3.8) is 0 Å². The Bertz CT molecular complexity index is 980. The number of amides is 1. The maximum atomic E-state index is 11.8. The van der Waals surface area contributed by atoms with E-state index in [2.05, 4.69) is 10.4 Å². The highest BCUT2D eigenvalue weighted by Gasteiger charge is 2.16. The minimum atomic E-state index is -0.553. The zero-order chi connectivity index (χ0) is 19.5. The van der Waals surface area contributed by atoms with Crippen LogP contribution in [0.15, 0.2) is 42.6 Å². The summed E-state index contributed by atoms with van der Waals surface area (Å²) in [5.74, 6) is 1.13. The average molecular weight is 382 g/mol. The largest absolute Gasteiger partial charge is 0.491 e. The van der Waals surface area contributed by atoms with Gasteiger partial charge >= 0.3 is 0 Å². The van der Waals surface area contributed by atoms with E-state index in [9.17, 15) is 4.79 Å². The van der Waals surface area contributed by atoms with E-state index >= 15 is 0 Å². The maximum Gasteiger partial charge on any atom is 0.252 e. The minimum Gasteiger partial charge on any atom is -0.491 e. The molecule has 4 rings (SSSR count). The molecule has 1 aliphatic heterocycles. The highest BCUT2D eigenvalue weighted by Crippen LogP contribution is 2.30. The van der Waals surface area contributed by atoms with Gasteiger partial charge in [-0.3, -0.25) is 9.48 Å². The van der Waals surface area contributed by atoms with Crippen LogP contribution in [0.5, 0.6) is 17.2 Å². The summed E-state index contributed by atoms with van der Waals surface area (Å²) in [6.07, 6.45) is 1.98. The van der Waals surface area contributed by atoms with E-state index in [1.165, 1.54) is 0 Å². The SMILES string of the molecule is Cn1ncc2cc(C(N)=O)c(Oc3ccc(OCCOC4CNC4)cc3)cc21. The van der Waals surface area contributed by atoms with E-state index in [0.29, 0.717) is 36.4 Å². The van der Waals surface area contributed by atoms with Crippen molar-refractivity contribution in [1.29, 1.82) is 0 Å². The lowest BCUT2D eigenvalue weighted by molar-refractivity contribution is 0.00454. The van der Waals surface area contributed by atoms with E-state index in [-0.39, 0.29) is 0 Å². The third kappa shape index (κ3) is 3.92. The van der Waals surface area contributed by atoms with Crippen molar-refractivity contribution in [1.82, 2.24) is 15.1 Å². The smallest absolute Gasteiger partial charge is 0.252 e. The molecule has 28 heavy (non-hydrogen) atoms. The molecular weight excluding hydrogens is 360 g/mol. The van der Waals surface area contributed by atoms with Gasteiger partial charge in [0.25, 0.3) is 5.91 Å². The quantitative estimate of drug-likeness (QED) is 0.577. The molecular formula is C20H22N4O4. The fourth-order valence-corrected chi connectivity index (χ4v) is 2.94. The molecule has 1 aliphatic rings. The van der Waals surface area contributed by atoms with Crippen molar-refractivity contribution in [2.45, 2.75) is 6.10 Å². The second-order valence-corrected chi connectivity index (χ2v) is 6.61. The summed E-state index contributed by atoms with van der Waals surface area (Å²) in [5.41, 5.74) is 6.67. The van der Waals surface area contributed by atoms with E-state index in [0.717, 1.165) is 29.7 Å². The van der Waals surface area contributed by atoms with Gasteiger partial charge in [-0.1, -0.05) is 0 Å². The number of carbonyl (C=O) groups excluding carboxylic acids is 1. The van der Waals surface area contributed by atoms with Crippen molar-refractivity contribution in [3.8, 4) is 17.2 Å². The van der Waals surface area contributed by atoms with Crippen molar-refractivity contribution in [3.05, 3.63) is 48.2 Å². The standard InChI is InChI=1S/C20H22N4O4/c1-24-18-9-19(17(20(21)25)8-13(18)10-23-24)28-15-4-2-14(3-5-15)26-6-7-27-16-11-22-12-16/h2-5,8-10,16,22H,6-7,11-12H2,1H3,(H2,21,25). The first-order valence-corrected chi connectivity index (χ1v) is 9.09. The van der Waals surface area contributed by atoms with Crippen LogP contribution in [0.4, 0.5) is 0 Å². The molecule has 3 aromatic rings. The van der Waals surface area contributed by atoms with Crippen LogP contribution in [0, 0.1) is 0 Å². The highest BCUT2D eigenvalue weighted by molar-refractivity contribution is 6.00. The van der Waals surface area contributed by atoms with Gasteiger partial charge in [-0.2, -0.15) is 5.10 Å². The molecule has 0 atom stereocenters. The van der Waals surface area contributed by atoms with Crippen molar-refractivity contribution < 1.29 is 19.0 Å². The molecule has 1 amide bonds. The van der Waals surface area contributed by atoms with Gasteiger partial charge in [0, 0.05) is 31.6 Å². The predicted octanol–water partition coefficient (Wildman–Crippen LogP) is 1.83. The van der Waals surface area contributed by atoms with Gasteiger partial charge in [0.15, 0.2) is 0 Å². The molecule has 0 bridgehead atoms. The number of primary amides is 1. The summed E-state index contributed by atoms with van der Waals surface area (Å²) in [6.45, 7) is 2.85. The number of fused-ring (bicyclic) bond motifs is 1. The summed E-state index contributed by atoms with van der Waals surface area (Å²) in [7, 11) is 1.83. The minimum absolute atomic E-state index is 0.301. The number of ether oxygens (including phenoxy) is 3. The number of rotatable bonds is 8.